The monoisotopic (exact) mass is 344 g/mol. The van der Waals surface area contributed by atoms with Gasteiger partial charge in [0.25, 0.3) is 0 Å². The van der Waals surface area contributed by atoms with Crippen LogP contribution >= 0.6 is 0 Å². The fourth-order valence-corrected chi connectivity index (χ4v) is 3.12. The average Bonchev–Trinajstić information content (AvgIpc) is 3.04. The Kier molecular flexibility index (Phi) is 4.37. The summed E-state index contributed by atoms with van der Waals surface area (Å²) < 4.78 is 2.13. The van der Waals surface area contributed by atoms with Gasteiger partial charge < -0.3 is 15.0 Å². The number of aliphatic hydroxyl groups excluding tert-OH is 1. The predicted molar refractivity (Wildman–Crippen MR) is 104 cm³/mol. The zero-order chi connectivity index (χ0) is 17.9. The van der Waals surface area contributed by atoms with Crippen LogP contribution in [0.2, 0.25) is 0 Å². The van der Waals surface area contributed by atoms with Crippen LogP contribution in [0, 0.1) is 0 Å². The molecule has 0 saturated heterocycles. The summed E-state index contributed by atoms with van der Waals surface area (Å²) in [6.45, 7) is 0.385. The summed E-state index contributed by atoms with van der Waals surface area (Å²) in [6, 6.07) is 21.9. The molecule has 0 spiro atoms. The van der Waals surface area contributed by atoms with E-state index >= 15 is 0 Å². The maximum Gasteiger partial charge on any atom is 0.130 e. The van der Waals surface area contributed by atoms with E-state index in [-0.39, 0.29) is 0 Å². The second-order valence-electron chi connectivity index (χ2n) is 6.24. The minimum Gasteiger partial charge on any atom is -0.387 e. The summed E-state index contributed by atoms with van der Waals surface area (Å²) in [7, 11) is 2.03. The Morgan fingerprint density at radius 3 is 2.58 bits per heavy atom. The van der Waals surface area contributed by atoms with Gasteiger partial charge in [0.15, 0.2) is 0 Å². The molecule has 0 bridgehead atoms. The highest BCUT2D eigenvalue weighted by atomic mass is 16.3. The number of benzene rings is 2. The third-order valence-electron chi connectivity index (χ3n) is 4.54. The summed E-state index contributed by atoms with van der Waals surface area (Å²) in [5, 5.41) is 14.7. The Labute approximate surface area is 152 Å². The third kappa shape index (κ3) is 3.17. The van der Waals surface area contributed by atoms with Crippen molar-refractivity contribution in [3.8, 4) is 11.4 Å². The number of nitrogens with zero attached hydrogens (tertiary/aromatic N) is 3. The number of aliphatic hydroxyl groups is 1. The Morgan fingerprint density at radius 1 is 1.00 bits per heavy atom. The van der Waals surface area contributed by atoms with Gasteiger partial charge >= 0.3 is 0 Å². The van der Waals surface area contributed by atoms with Crippen molar-refractivity contribution in [3.63, 3.8) is 0 Å². The molecule has 1 atom stereocenters. The molecule has 0 amide bonds. The summed E-state index contributed by atoms with van der Waals surface area (Å²) in [5.74, 6) is 0.690. The van der Waals surface area contributed by atoms with Crippen molar-refractivity contribution >= 4 is 16.7 Å². The number of hydrogen-bond acceptors (Lipinski definition) is 4. The zero-order valence-corrected chi connectivity index (χ0v) is 14.5. The third-order valence-corrected chi connectivity index (χ3v) is 4.54. The summed E-state index contributed by atoms with van der Waals surface area (Å²) in [5.41, 5.74) is 3.91. The lowest BCUT2D eigenvalue weighted by Crippen LogP contribution is -2.13. The van der Waals surface area contributed by atoms with E-state index in [4.69, 9.17) is 0 Å². The summed E-state index contributed by atoms with van der Waals surface area (Å²) in [4.78, 5) is 8.69. The molecule has 0 aliphatic rings. The fourth-order valence-electron chi connectivity index (χ4n) is 3.12. The number of rotatable bonds is 5. The molecule has 0 saturated carbocycles. The van der Waals surface area contributed by atoms with Crippen LogP contribution in [0.4, 0.5) is 5.82 Å². The molecular weight excluding hydrogens is 324 g/mol. The fraction of sp³-hybridized carbons (Fsp3) is 0.143. The van der Waals surface area contributed by atoms with Gasteiger partial charge in [0, 0.05) is 30.6 Å². The first-order valence-corrected chi connectivity index (χ1v) is 8.56. The van der Waals surface area contributed by atoms with Crippen LogP contribution in [0.15, 0.2) is 73.1 Å². The van der Waals surface area contributed by atoms with Crippen molar-refractivity contribution in [3.05, 3.63) is 78.6 Å². The molecule has 0 radical (unpaired) electrons. The van der Waals surface area contributed by atoms with Crippen molar-refractivity contribution < 1.29 is 5.11 Å². The molecule has 2 aromatic carbocycles. The van der Waals surface area contributed by atoms with Crippen molar-refractivity contribution in [2.24, 2.45) is 7.05 Å². The molecule has 130 valence electrons. The molecule has 5 heteroatoms. The van der Waals surface area contributed by atoms with Gasteiger partial charge in [-0.15, -0.1) is 0 Å². The first kappa shape index (κ1) is 16.3. The number of aryl methyl sites for hydroxylation is 1. The van der Waals surface area contributed by atoms with E-state index in [9.17, 15) is 5.11 Å². The molecule has 0 fully saturated rings. The highest BCUT2D eigenvalue weighted by molar-refractivity contribution is 5.86. The zero-order valence-electron chi connectivity index (χ0n) is 14.5. The van der Waals surface area contributed by atoms with Crippen LogP contribution in [-0.4, -0.2) is 26.2 Å². The predicted octanol–water partition coefficient (Wildman–Crippen LogP) is 3.78. The number of fused-ring (bicyclic) bond motifs is 1. The van der Waals surface area contributed by atoms with Crippen molar-refractivity contribution in [1.82, 2.24) is 14.5 Å². The van der Waals surface area contributed by atoms with Gasteiger partial charge in [-0.05, 0) is 17.7 Å². The second kappa shape index (κ2) is 6.98. The molecular formula is C21H20N4O. The number of aromatic nitrogens is 3. The van der Waals surface area contributed by atoms with Gasteiger partial charge in [-0.1, -0.05) is 48.5 Å². The normalized spacial score (nSPS) is 12.2. The van der Waals surface area contributed by atoms with E-state index in [1.807, 2.05) is 55.6 Å². The van der Waals surface area contributed by atoms with Crippen LogP contribution < -0.4 is 5.32 Å². The minimum absolute atomic E-state index is 0.385. The largest absolute Gasteiger partial charge is 0.387 e. The number of anilines is 1. The van der Waals surface area contributed by atoms with Crippen molar-refractivity contribution in [2.45, 2.75) is 6.10 Å². The number of nitrogens with one attached hydrogen (secondary N) is 1. The quantitative estimate of drug-likeness (QED) is 0.578. The van der Waals surface area contributed by atoms with Crippen LogP contribution in [0.1, 0.15) is 11.7 Å². The molecule has 2 aromatic heterocycles. The van der Waals surface area contributed by atoms with E-state index in [2.05, 4.69) is 38.1 Å². The topological polar surface area (TPSA) is 63.0 Å². The SMILES string of the molecule is Cn1c(-c2cc(NCC(O)c3ccccc3)ncn2)cc2ccccc21. The van der Waals surface area contributed by atoms with Crippen LogP contribution in [0.5, 0.6) is 0 Å². The second-order valence-corrected chi connectivity index (χ2v) is 6.24. The molecule has 2 N–H and O–H groups in total. The Morgan fingerprint density at radius 2 is 1.77 bits per heavy atom. The van der Waals surface area contributed by atoms with Gasteiger partial charge in [0.2, 0.25) is 0 Å². The molecule has 5 nitrogen and oxygen atoms in total. The molecule has 0 aliphatic carbocycles. The number of hydrogen-bond donors (Lipinski definition) is 2. The van der Waals surface area contributed by atoms with Gasteiger partial charge in [-0.2, -0.15) is 0 Å². The van der Waals surface area contributed by atoms with E-state index in [0.29, 0.717) is 12.4 Å². The maximum atomic E-state index is 10.3. The van der Waals surface area contributed by atoms with Gasteiger partial charge in [0.05, 0.1) is 17.5 Å². The van der Waals surface area contributed by atoms with E-state index < -0.39 is 6.10 Å². The highest BCUT2D eigenvalue weighted by Gasteiger charge is 2.11. The first-order chi connectivity index (χ1) is 12.7. The molecule has 1 unspecified atom stereocenters. The summed E-state index contributed by atoms with van der Waals surface area (Å²) >= 11 is 0. The lowest BCUT2D eigenvalue weighted by Gasteiger charge is -2.13. The van der Waals surface area contributed by atoms with Crippen LogP contribution in [0.25, 0.3) is 22.3 Å². The Bertz CT molecular complexity index is 1030. The van der Waals surface area contributed by atoms with E-state index in [1.54, 1.807) is 6.33 Å². The average molecular weight is 344 g/mol. The molecule has 4 rings (SSSR count). The van der Waals surface area contributed by atoms with Gasteiger partial charge in [-0.25, -0.2) is 9.97 Å². The lowest BCUT2D eigenvalue weighted by atomic mass is 10.1. The molecule has 26 heavy (non-hydrogen) atoms. The first-order valence-electron chi connectivity index (χ1n) is 8.56. The number of para-hydroxylation sites is 1. The smallest absolute Gasteiger partial charge is 0.130 e. The molecule has 2 heterocycles. The van der Waals surface area contributed by atoms with Crippen LogP contribution in [-0.2, 0) is 7.05 Å². The van der Waals surface area contributed by atoms with E-state index in [0.717, 1.165) is 22.5 Å². The van der Waals surface area contributed by atoms with Gasteiger partial charge in [0.1, 0.15) is 12.1 Å². The van der Waals surface area contributed by atoms with Crippen LogP contribution in [0.3, 0.4) is 0 Å². The Hall–Kier alpha value is -3.18. The highest BCUT2D eigenvalue weighted by Crippen LogP contribution is 2.26. The maximum absolute atomic E-state index is 10.3. The standard InChI is InChI=1S/C21H20N4O/c1-25-18-10-6-5-9-16(18)11-19(25)17-12-21(24-14-23-17)22-13-20(26)15-7-3-2-4-8-15/h2-12,14,20,26H,13H2,1H3,(H,22,23,24). The van der Waals surface area contributed by atoms with Crippen molar-refractivity contribution in [2.75, 3.05) is 11.9 Å². The van der Waals surface area contributed by atoms with Crippen molar-refractivity contribution in [1.29, 1.82) is 0 Å². The van der Waals surface area contributed by atoms with Gasteiger partial charge in [-0.3, -0.25) is 0 Å². The minimum atomic E-state index is -0.591. The van der Waals surface area contributed by atoms with E-state index in [1.165, 1.54) is 5.39 Å². The molecule has 0 aliphatic heterocycles. The molecule has 4 aromatic rings. The lowest BCUT2D eigenvalue weighted by molar-refractivity contribution is 0.191. The summed E-state index contributed by atoms with van der Waals surface area (Å²) in [6.07, 6.45) is 0.955. The Balaban J connectivity index is 1.56.